The zero-order valence-electron chi connectivity index (χ0n) is 16.7. The number of H-pyrrole nitrogens is 1. The predicted molar refractivity (Wildman–Crippen MR) is 107 cm³/mol. The van der Waals surface area contributed by atoms with Crippen LogP contribution < -0.4 is 10.6 Å². The van der Waals surface area contributed by atoms with Gasteiger partial charge in [0.1, 0.15) is 24.1 Å². The van der Waals surface area contributed by atoms with Crippen molar-refractivity contribution in [3.05, 3.63) is 47.8 Å². The average Bonchev–Trinajstić information content (AvgIpc) is 3.35. The molecule has 3 atom stereocenters. The van der Waals surface area contributed by atoms with Crippen LogP contribution in [0, 0.1) is 6.20 Å². The summed E-state index contributed by atoms with van der Waals surface area (Å²) in [6, 6.07) is 7.16. The van der Waals surface area contributed by atoms with Crippen LogP contribution in [-0.2, 0) is 43.3 Å². The van der Waals surface area contributed by atoms with E-state index in [0.717, 1.165) is 0 Å². The minimum atomic E-state index is -1.01. The molecule has 2 aliphatic heterocycles. The maximum Gasteiger partial charge on any atom is 1.00 e. The van der Waals surface area contributed by atoms with E-state index in [1.54, 1.807) is 40.9 Å². The fourth-order valence-corrected chi connectivity index (χ4v) is 4.96. The molecule has 4 rings (SSSR count). The smallest absolute Gasteiger partial charge is 0.446 e. The Balaban J connectivity index is 0.00000272. The van der Waals surface area contributed by atoms with Crippen molar-refractivity contribution >= 4 is 29.7 Å². The van der Waals surface area contributed by atoms with E-state index in [4.69, 9.17) is 4.74 Å². The van der Waals surface area contributed by atoms with Crippen LogP contribution in [0.3, 0.4) is 0 Å². The maximum absolute atomic E-state index is 13.0. The minimum absolute atomic E-state index is 0. The van der Waals surface area contributed by atoms with Gasteiger partial charge in [-0.3, -0.25) is 14.7 Å². The number of β-lactam (4-membered cyclic amide) rings is 1. The van der Waals surface area contributed by atoms with E-state index in [0.29, 0.717) is 17.8 Å². The molecule has 0 bridgehead atoms. The number of benzene rings is 1. The van der Waals surface area contributed by atoms with Crippen molar-refractivity contribution in [1.82, 2.24) is 30.9 Å². The molecule has 168 valence electrons. The van der Waals surface area contributed by atoms with Crippen molar-refractivity contribution in [2.75, 3.05) is 6.54 Å². The third kappa shape index (κ3) is 5.12. The topological polar surface area (TPSA) is 129 Å². The first-order valence-electron chi connectivity index (χ1n) is 9.38. The summed E-state index contributed by atoms with van der Waals surface area (Å²) in [7, 11) is 0. The number of hydrogen-bond donors (Lipinski definition) is 3. The third-order valence-electron chi connectivity index (χ3n) is 4.85. The molecule has 12 heteroatoms. The number of aromatic amines is 1. The van der Waals surface area contributed by atoms with Crippen molar-refractivity contribution in [1.29, 1.82) is 0 Å². The summed E-state index contributed by atoms with van der Waals surface area (Å²) in [5, 5.41) is 14.8. The molecular formula is C19H21AuN6O4S. The Bertz CT molecular complexity index is 942. The molecule has 10 nitrogen and oxygen atoms in total. The number of rotatable bonds is 6. The summed E-state index contributed by atoms with van der Waals surface area (Å²) in [6.45, 7) is 4.67. The second kappa shape index (κ2) is 9.43. The van der Waals surface area contributed by atoms with Gasteiger partial charge in [0.2, 0.25) is 11.8 Å². The van der Waals surface area contributed by atoms with Crippen LogP contribution in [0.25, 0.3) is 0 Å². The molecule has 1 aromatic heterocycles. The van der Waals surface area contributed by atoms with E-state index in [1.807, 2.05) is 6.07 Å². The maximum atomic E-state index is 13.0. The van der Waals surface area contributed by atoms with Crippen molar-refractivity contribution in [3.8, 4) is 0 Å². The molecule has 2 saturated heterocycles. The quantitative estimate of drug-likeness (QED) is 0.245. The number of carbonyl (C=O) groups excluding carboxylic acids is 3. The second-order valence-corrected chi connectivity index (χ2v) is 9.51. The Morgan fingerprint density at radius 3 is 2.81 bits per heavy atom. The number of alkyl carbamates (subject to hydrolysis) is 1. The number of nitrogens with one attached hydrogen (secondary N) is 3. The predicted octanol–water partition coefficient (Wildman–Crippen LogP) is 0.748. The van der Waals surface area contributed by atoms with E-state index in [9.17, 15) is 14.4 Å². The van der Waals surface area contributed by atoms with Crippen LogP contribution in [0.5, 0.6) is 0 Å². The zero-order valence-corrected chi connectivity index (χ0v) is 19.7. The van der Waals surface area contributed by atoms with Crippen LogP contribution in [0.2, 0.25) is 0 Å². The second-order valence-electron chi connectivity index (χ2n) is 7.69. The van der Waals surface area contributed by atoms with Gasteiger partial charge in [-0.15, -0.1) is 17.0 Å². The largest absolute Gasteiger partial charge is 1.00 e. The monoisotopic (exact) mass is 626 g/mol. The molecule has 3 heterocycles. The molecule has 0 saturated carbocycles. The standard InChI is InChI=1S/C19H21N6O4S.Au/c1-19(2)10-25-16(27)14(17(25)30-19)21-15(26)13(11-6-4-3-5-7-11)22-18(28)29-9-12-8-20-24-23-12;/h3-7,13-14,17H,9-10H2,1-2H3,(H,21,26)(H,22,28)(H,20,23,24);/q-1;+1/t13-,14-,17-;/m1./s1. The molecule has 0 spiro atoms. The van der Waals surface area contributed by atoms with E-state index in [-0.39, 0.29) is 45.0 Å². The number of aromatic nitrogens is 3. The average molecular weight is 626 g/mol. The number of fused-ring (bicyclic) bond motifs is 1. The van der Waals surface area contributed by atoms with Crippen LogP contribution in [0.1, 0.15) is 31.1 Å². The first-order valence-corrected chi connectivity index (χ1v) is 10.3. The summed E-state index contributed by atoms with van der Waals surface area (Å²) < 4.78 is 5.04. The molecule has 3 amide bonds. The minimum Gasteiger partial charge on any atom is -0.446 e. The summed E-state index contributed by atoms with van der Waals surface area (Å²) in [5.74, 6) is -0.584. The third-order valence-corrected chi connectivity index (χ3v) is 6.39. The van der Waals surface area contributed by atoms with Gasteiger partial charge in [-0.25, -0.2) is 4.79 Å². The molecule has 0 aliphatic carbocycles. The van der Waals surface area contributed by atoms with E-state index in [2.05, 4.69) is 46.1 Å². The fraction of sp³-hybridized carbons (Fsp3) is 0.421. The van der Waals surface area contributed by atoms with Crippen molar-refractivity contribution in [3.63, 3.8) is 0 Å². The Kier molecular flexibility index (Phi) is 7.10. The molecule has 1 aromatic carbocycles. The molecule has 3 N–H and O–H groups in total. The summed E-state index contributed by atoms with van der Waals surface area (Å²) in [6.07, 6.45) is 1.74. The molecule has 0 radical (unpaired) electrons. The molecule has 2 fully saturated rings. The van der Waals surface area contributed by atoms with Gasteiger partial charge >= 0.3 is 28.5 Å². The number of thioether (sulfide) groups is 1. The first kappa shape index (κ1) is 23.3. The summed E-state index contributed by atoms with van der Waals surface area (Å²) in [5.41, 5.74) is 0.969. The molecule has 0 unspecified atom stereocenters. The Labute approximate surface area is 198 Å². The number of carbonyl (C=O) groups is 3. The van der Waals surface area contributed by atoms with Gasteiger partial charge in [0.15, 0.2) is 0 Å². The molecule has 2 aliphatic rings. The van der Waals surface area contributed by atoms with E-state index in [1.165, 1.54) is 0 Å². The molecule has 31 heavy (non-hydrogen) atoms. The van der Waals surface area contributed by atoms with Crippen molar-refractivity contribution in [2.24, 2.45) is 0 Å². The first-order chi connectivity index (χ1) is 14.3. The van der Waals surface area contributed by atoms with E-state index >= 15 is 0 Å². The molecule has 2 aromatic rings. The van der Waals surface area contributed by atoms with Crippen LogP contribution >= 0.6 is 11.8 Å². The number of nitrogens with zero attached hydrogens (tertiary/aromatic N) is 3. The Hall–Kier alpha value is -2.34. The zero-order chi connectivity index (χ0) is 21.3. The number of ether oxygens (including phenoxy) is 1. The Morgan fingerprint density at radius 2 is 2.13 bits per heavy atom. The van der Waals surface area contributed by atoms with Crippen LogP contribution in [0.15, 0.2) is 30.3 Å². The van der Waals surface area contributed by atoms with E-state index < -0.39 is 24.1 Å². The van der Waals surface area contributed by atoms with Gasteiger partial charge < -0.3 is 31.6 Å². The summed E-state index contributed by atoms with van der Waals surface area (Å²) >= 11 is 1.66. The normalized spacial score (nSPS) is 21.9. The summed E-state index contributed by atoms with van der Waals surface area (Å²) in [4.78, 5) is 39.5. The Morgan fingerprint density at radius 1 is 1.39 bits per heavy atom. The SMILES string of the molecule is CC1(C)CN2C(=O)[C@@H](NC(=O)[C@H](NC(=O)OCc3[c-]nn[nH]3)c3ccccc3)[C@H]2S1.[Au+]. The number of amides is 3. The fourth-order valence-electron chi connectivity index (χ4n) is 3.47. The number of hydrogen-bond acceptors (Lipinski definition) is 7. The van der Waals surface area contributed by atoms with Crippen LogP contribution in [0.4, 0.5) is 4.79 Å². The van der Waals surface area contributed by atoms with Gasteiger partial charge in [-0.2, -0.15) is 0 Å². The van der Waals surface area contributed by atoms with Gasteiger partial charge in [-0.1, -0.05) is 36.0 Å². The van der Waals surface area contributed by atoms with Gasteiger partial charge in [0.25, 0.3) is 0 Å². The molecular weight excluding hydrogens is 605 g/mol. The van der Waals surface area contributed by atoms with Gasteiger partial charge in [0, 0.05) is 11.3 Å². The van der Waals surface area contributed by atoms with Crippen LogP contribution in [-0.4, -0.2) is 60.9 Å². The van der Waals surface area contributed by atoms with Gasteiger partial charge in [0.05, 0.1) is 0 Å². The van der Waals surface area contributed by atoms with Gasteiger partial charge in [-0.05, 0) is 19.4 Å². The van der Waals surface area contributed by atoms with Crippen molar-refractivity contribution in [2.45, 2.75) is 42.7 Å². The van der Waals surface area contributed by atoms with Crippen molar-refractivity contribution < 1.29 is 41.5 Å².